The second kappa shape index (κ2) is 8.74. The quantitative estimate of drug-likeness (QED) is 0.316. The number of benzene rings is 3. The Morgan fingerprint density at radius 2 is 1.71 bits per heavy atom. The van der Waals surface area contributed by atoms with Crippen LogP contribution < -0.4 is 9.47 Å². The lowest BCUT2D eigenvalue weighted by Gasteiger charge is -2.07. The fourth-order valence-electron chi connectivity index (χ4n) is 3.96. The van der Waals surface area contributed by atoms with Crippen LogP contribution in [-0.2, 0) is 6.54 Å². The Balaban J connectivity index is 1.53. The molecule has 0 aliphatic heterocycles. The highest BCUT2D eigenvalue weighted by Gasteiger charge is 2.19. The molecule has 34 heavy (non-hydrogen) atoms. The monoisotopic (exact) mass is 454 g/mol. The van der Waals surface area contributed by atoms with Gasteiger partial charge in [-0.2, -0.15) is 0 Å². The summed E-state index contributed by atoms with van der Waals surface area (Å²) in [7, 11) is 3.15. The second-order valence-corrected chi connectivity index (χ2v) is 7.77. The van der Waals surface area contributed by atoms with E-state index in [2.05, 4.69) is 15.2 Å². The molecule has 0 aliphatic rings. The van der Waals surface area contributed by atoms with Crippen molar-refractivity contribution in [3.63, 3.8) is 0 Å². The topological polar surface area (TPSA) is 101 Å². The van der Waals surface area contributed by atoms with Crippen LogP contribution in [-0.4, -0.2) is 34.8 Å². The van der Waals surface area contributed by atoms with E-state index in [4.69, 9.17) is 9.47 Å². The maximum absolute atomic E-state index is 12.8. The minimum Gasteiger partial charge on any atom is -0.497 e. The molecule has 8 heteroatoms. The minimum absolute atomic E-state index is 0.0787. The van der Waals surface area contributed by atoms with Crippen molar-refractivity contribution in [1.29, 1.82) is 0 Å². The van der Waals surface area contributed by atoms with Crippen molar-refractivity contribution in [2.45, 2.75) is 6.54 Å². The maximum Gasteiger partial charge on any atom is 0.311 e. The number of nitrogens with one attached hydrogen (secondary N) is 1. The van der Waals surface area contributed by atoms with Crippen LogP contribution in [0.4, 0.5) is 5.69 Å². The third kappa shape index (κ3) is 3.86. The van der Waals surface area contributed by atoms with Crippen LogP contribution in [0.15, 0.2) is 83.0 Å². The molecule has 0 spiro atoms. The molecule has 2 heterocycles. The molecular formula is C26H22N4O4. The van der Waals surface area contributed by atoms with Gasteiger partial charge in [-0.15, -0.1) is 10.2 Å². The van der Waals surface area contributed by atoms with E-state index in [-0.39, 0.29) is 17.3 Å². The first kappa shape index (κ1) is 21.3. The third-order valence-electron chi connectivity index (χ3n) is 5.70. The number of hydrogen-bond donors (Lipinski definition) is 2. The number of hydrogen-bond acceptors (Lipinski definition) is 5. The van der Waals surface area contributed by atoms with E-state index >= 15 is 0 Å². The van der Waals surface area contributed by atoms with Crippen LogP contribution in [0.1, 0.15) is 16.1 Å². The molecule has 5 aromatic rings. The highest BCUT2D eigenvalue weighted by molar-refractivity contribution is 6.00. The number of rotatable bonds is 6. The van der Waals surface area contributed by atoms with Crippen LogP contribution in [0, 0.1) is 0 Å². The number of amides is 1. The number of methoxy groups -OCH3 is 2. The molecule has 8 nitrogen and oxygen atoms in total. The number of nitrogens with zero attached hydrogens (tertiary/aromatic N) is 3. The summed E-state index contributed by atoms with van der Waals surface area (Å²) in [6.45, 7) is 0.433. The number of aromatic hydroxyl groups is 1. The summed E-state index contributed by atoms with van der Waals surface area (Å²) in [6, 6.07) is 22.4. The Morgan fingerprint density at radius 3 is 2.47 bits per heavy atom. The molecule has 2 N–H and O–H groups in total. The molecule has 0 atom stereocenters. The highest BCUT2D eigenvalue weighted by Crippen LogP contribution is 2.41. The van der Waals surface area contributed by atoms with Gasteiger partial charge in [0.25, 0.3) is 0 Å². The van der Waals surface area contributed by atoms with Gasteiger partial charge in [-0.1, -0.05) is 30.3 Å². The average Bonchev–Trinajstić information content (AvgIpc) is 3.41. The molecule has 0 saturated carbocycles. The summed E-state index contributed by atoms with van der Waals surface area (Å²) in [5.41, 5.74) is 3.04. The van der Waals surface area contributed by atoms with Gasteiger partial charge in [-0.25, -0.2) is 0 Å². The fourth-order valence-corrected chi connectivity index (χ4v) is 3.96. The molecule has 0 fully saturated rings. The van der Waals surface area contributed by atoms with Crippen LogP contribution in [0.2, 0.25) is 0 Å². The summed E-state index contributed by atoms with van der Waals surface area (Å²) in [5.74, 6) is 0.667. The predicted octanol–water partition coefficient (Wildman–Crippen LogP) is 5.82. The molecule has 0 aliphatic carbocycles. The third-order valence-corrected chi connectivity index (χ3v) is 5.70. The average molecular weight is 454 g/mol. The number of aromatic amines is 1. The van der Waals surface area contributed by atoms with Crippen molar-refractivity contribution < 1.29 is 19.4 Å². The molecule has 170 valence electrons. The van der Waals surface area contributed by atoms with E-state index < -0.39 is 5.91 Å². The van der Waals surface area contributed by atoms with Crippen LogP contribution in [0.3, 0.4) is 0 Å². The standard InChI is InChI=1S/C26H22N4O4/c1-33-18-8-10-21-17(12-18)13-22(27-21)25(31)29-28-24-20-14-19(34-2)9-11-23(20)30(26(24)32)15-16-6-4-3-5-7-16/h3-14,27,32H,15H2,1-2H3. The molecule has 0 bridgehead atoms. The van der Waals surface area contributed by atoms with Crippen molar-refractivity contribution >= 4 is 33.4 Å². The molecule has 0 saturated heterocycles. The van der Waals surface area contributed by atoms with E-state index in [9.17, 15) is 9.90 Å². The van der Waals surface area contributed by atoms with E-state index in [1.807, 2.05) is 60.7 Å². The van der Waals surface area contributed by atoms with Gasteiger partial charge in [0.2, 0.25) is 5.88 Å². The molecule has 0 radical (unpaired) electrons. The van der Waals surface area contributed by atoms with Crippen molar-refractivity contribution in [3.8, 4) is 17.4 Å². The van der Waals surface area contributed by atoms with Gasteiger partial charge >= 0.3 is 5.91 Å². The largest absolute Gasteiger partial charge is 0.497 e. The van der Waals surface area contributed by atoms with Crippen molar-refractivity contribution in [3.05, 3.63) is 84.1 Å². The predicted molar refractivity (Wildman–Crippen MR) is 129 cm³/mol. The summed E-state index contributed by atoms with van der Waals surface area (Å²) in [4.78, 5) is 15.8. The Kier molecular flexibility index (Phi) is 5.47. The molecule has 0 unspecified atom stereocenters. The number of fused-ring (bicyclic) bond motifs is 2. The Labute approximate surface area is 195 Å². The number of carbonyl (C=O) groups excluding carboxylic acids is 1. The van der Waals surface area contributed by atoms with E-state index in [0.29, 0.717) is 23.4 Å². The van der Waals surface area contributed by atoms with Crippen molar-refractivity contribution in [2.24, 2.45) is 10.2 Å². The van der Waals surface area contributed by atoms with Crippen molar-refractivity contribution in [2.75, 3.05) is 14.2 Å². The van der Waals surface area contributed by atoms with Gasteiger partial charge < -0.3 is 24.1 Å². The number of aromatic nitrogens is 2. The first-order valence-electron chi connectivity index (χ1n) is 10.6. The second-order valence-electron chi connectivity index (χ2n) is 7.77. The minimum atomic E-state index is -0.554. The number of ether oxygens (including phenoxy) is 2. The normalized spacial score (nSPS) is 11.5. The number of azo groups is 1. The summed E-state index contributed by atoms with van der Waals surface area (Å²) < 4.78 is 12.3. The molecule has 2 aromatic heterocycles. The van der Waals surface area contributed by atoms with Gasteiger partial charge in [0.15, 0.2) is 5.69 Å². The number of H-pyrrole nitrogens is 1. The van der Waals surface area contributed by atoms with Gasteiger partial charge in [-0.05, 0) is 48.0 Å². The Hall–Kier alpha value is -4.59. The summed E-state index contributed by atoms with van der Waals surface area (Å²) in [5, 5.41) is 20.5. The lowest BCUT2D eigenvalue weighted by Crippen LogP contribution is -1.98. The number of carbonyl (C=O) groups is 1. The maximum atomic E-state index is 12.8. The van der Waals surface area contributed by atoms with Crippen LogP contribution in [0.25, 0.3) is 21.8 Å². The lowest BCUT2D eigenvalue weighted by molar-refractivity contribution is 0.0991. The van der Waals surface area contributed by atoms with Gasteiger partial charge in [0, 0.05) is 16.3 Å². The van der Waals surface area contributed by atoms with Gasteiger partial charge in [-0.3, -0.25) is 4.79 Å². The highest BCUT2D eigenvalue weighted by atomic mass is 16.5. The van der Waals surface area contributed by atoms with Gasteiger partial charge in [0.05, 0.1) is 26.3 Å². The van der Waals surface area contributed by atoms with E-state index in [1.54, 1.807) is 30.9 Å². The summed E-state index contributed by atoms with van der Waals surface area (Å²) in [6.07, 6.45) is 0. The van der Waals surface area contributed by atoms with Crippen molar-refractivity contribution in [1.82, 2.24) is 9.55 Å². The molecular weight excluding hydrogens is 432 g/mol. The molecule has 1 amide bonds. The Bertz CT molecular complexity index is 1530. The van der Waals surface area contributed by atoms with Gasteiger partial charge in [0.1, 0.15) is 17.2 Å². The first-order chi connectivity index (χ1) is 16.6. The summed E-state index contributed by atoms with van der Waals surface area (Å²) >= 11 is 0. The molecule has 5 rings (SSSR count). The fraction of sp³-hybridized carbons (Fsp3) is 0.115. The van der Waals surface area contributed by atoms with E-state index in [0.717, 1.165) is 22.0 Å². The zero-order valence-electron chi connectivity index (χ0n) is 18.6. The molecule has 3 aromatic carbocycles. The van der Waals surface area contributed by atoms with Crippen LogP contribution in [0.5, 0.6) is 17.4 Å². The first-order valence-corrected chi connectivity index (χ1v) is 10.6. The smallest absolute Gasteiger partial charge is 0.311 e. The zero-order chi connectivity index (χ0) is 23.7. The SMILES string of the molecule is COc1ccc2[nH]c(C(=O)N=Nc3c(O)n(Cc4ccccc4)c4ccc(OC)cc34)cc2c1. The Morgan fingerprint density at radius 1 is 0.971 bits per heavy atom. The van der Waals surface area contributed by atoms with E-state index in [1.165, 1.54) is 0 Å². The zero-order valence-corrected chi connectivity index (χ0v) is 18.6. The van der Waals surface area contributed by atoms with Crippen LogP contribution >= 0.6 is 0 Å². The lowest BCUT2D eigenvalue weighted by atomic mass is 10.2.